The van der Waals surface area contributed by atoms with Gasteiger partial charge < -0.3 is 15.4 Å². The van der Waals surface area contributed by atoms with E-state index in [0.29, 0.717) is 11.2 Å². The third kappa shape index (κ3) is 4.54. The van der Waals surface area contributed by atoms with E-state index >= 15 is 0 Å². The Kier molecular flexibility index (Phi) is 6.43. The van der Waals surface area contributed by atoms with Crippen LogP contribution in [0.2, 0.25) is 0 Å². The summed E-state index contributed by atoms with van der Waals surface area (Å²) in [6.45, 7) is 8.58. The zero-order valence-electron chi connectivity index (χ0n) is 18.1. The van der Waals surface area contributed by atoms with Gasteiger partial charge in [0.25, 0.3) is 0 Å². The van der Waals surface area contributed by atoms with Gasteiger partial charge in [0.05, 0.1) is 19.3 Å². The predicted molar refractivity (Wildman–Crippen MR) is 122 cm³/mol. The van der Waals surface area contributed by atoms with Gasteiger partial charge >= 0.3 is 0 Å². The molecule has 8 heteroatoms. The van der Waals surface area contributed by atoms with Crippen LogP contribution in [-0.2, 0) is 0 Å². The third-order valence-electron chi connectivity index (χ3n) is 5.49. The molecule has 0 aliphatic carbocycles. The monoisotopic (exact) mass is 426 g/mol. The topological polar surface area (TPSA) is 76.4 Å². The molecule has 0 saturated carbocycles. The van der Waals surface area contributed by atoms with Crippen molar-refractivity contribution in [2.24, 2.45) is 0 Å². The highest BCUT2D eigenvalue weighted by Crippen LogP contribution is 2.30. The molecule has 1 fully saturated rings. The smallest absolute Gasteiger partial charge is 0.228 e. The molecule has 4 rings (SSSR count). The second-order valence-corrected chi connectivity index (χ2v) is 9.30. The molecule has 3 aromatic rings. The van der Waals surface area contributed by atoms with Crippen LogP contribution in [0.15, 0.2) is 35.6 Å². The zero-order chi connectivity index (χ0) is 21.1. The summed E-state index contributed by atoms with van der Waals surface area (Å²) < 4.78 is 7.21. The minimum atomic E-state index is 0.0432. The van der Waals surface area contributed by atoms with Crippen LogP contribution in [0.25, 0.3) is 5.65 Å². The number of anilines is 1. The number of aromatic nitrogens is 4. The van der Waals surface area contributed by atoms with E-state index in [2.05, 4.69) is 42.6 Å². The fourth-order valence-electron chi connectivity index (χ4n) is 3.68. The molecule has 1 aromatic carbocycles. The number of rotatable bonds is 7. The Balaban J connectivity index is 1.67. The van der Waals surface area contributed by atoms with E-state index < -0.39 is 0 Å². The number of ether oxygens (including phenoxy) is 1. The average molecular weight is 427 g/mol. The van der Waals surface area contributed by atoms with Gasteiger partial charge in [0, 0.05) is 10.8 Å². The highest BCUT2D eigenvalue weighted by molar-refractivity contribution is 7.99. The number of hydrogen-bond acceptors (Lipinski definition) is 7. The maximum Gasteiger partial charge on any atom is 0.228 e. The van der Waals surface area contributed by atoms with Crippen molar-refractivity contribution in [1.29, 1.82) is 0 Å². The van der Waals surface area contributed by atoms with Crippen molar-refractivity contribution in [1.82, 2.24) is 24.9 Å². The molecule has 0 radical (unpaired) electrons. The van der Waals surface area contributed by atoms with Crippen LogP contribution in [0.5, 0.6) is 5.75 Å². The molecule has 0 amide bonds. The van der Waals surface area contributed by atoms with Crippen molar-refractivity contribution in [2.75, 3.05) is 25.5 Å². The number of hydrogen-bond donors (Lipinski definition) is 2. The molecule has 1 aliphatic heterocycles. The second kappa shape index (κ2) is 9.22. The summed E-state index contributed by atoms with van der Waals surface area (Å²) in [7, 11) is 1.69. The predicted octanol–water partition coefficient (Wildman–Crippen LogP) is 4.27. The van der Waals surface area contributed by atoms with E-state index in [0.717, 1.165) is 59.6 Å². The molecular weight excluding hydrogens is 396 g/mol. The first kappa shape index (κ1) is 20.9. The van der Waals surface area contributed by atoms with Crippen LogP contribution < -0.4 is 15.4 Å². The zero-order valence-corrected chi connectivity index (χ0v) is 18.9. The van der Waals surface area contributed by atoms with Crippen LogP contribution in [0, 0.1) is 0 Å². The Hall–Kier alpha value is -2.32. The fourth-order valence-corrected chi connectivity index (χ4v) is 4.73. The summed E-state index contributed by atoms with van der Waals surface area (Å²) in [5.41, 5.74) is 3.16. The number of thioether (sulfide) groups is 1. The first-order valence-electron chi connectivity index (χ1n) is 10.6. The number of nitrogens with zero attached hydrogens (tertiary/aromatic N) is 4. The molecule has 2 aromatic heterocycles. The van der Waals surface area contributed by atoms with E-state index in [1.807, 2.05) is 28.9 Å². The Labute approximate surface area is 182 Å². The van der Waals surface area contributed by atoms with Crippen LogP contribution in [0.4, 0.5) is 5.95 Å². The number of fused-ring (bicyclic) bond motifs is 1. The molecule has 0 spiro atoms. The van der Waals surface area contributed by atoms with Crippen LogP contribution >= 0.6 is 11.8 Å². The lowest BCUT2D eigenvalue weighted by Gasteiger charge is -2.22. The summed E-state index contributed by atoms with van der Waals surface area (Å²) in [5, 5.41) is 12.9. The SMILES string of the molecule is COc1cccc([C@H](C)Nc2nc(SC3CCNCC3)nc3c(C(C)C)cnn23)c1. The Morgan fingerprint density at radius 3 is 2.73 bits per heavy atom. The maximum absolute atomic E-state index is 5.38. The molecule has 30 heavy (non-hydrogen) atoms. The van der Waals surface area contributed by atoms with Crippen molar-refractivity contribution >= 4 is 23.4 Å². The summed E-state index contributed by atoms with van der Waals surface area (Å²) in [4.78, 5) is 9.76. The summed E-state index contributed by atoms with van der Waals surface area (Å²) in [5.74, 6) is 1.91. The van der Waals surface area contributed by atoms with Crippen molar-refractivity contribution in [3.63, 3.8) is 0 Å². The summed E-state index contributed by atoms with van der Waals surface area (Å²) in [6, 6.07) is 8.14. The standard InChI is InChI=1S/C22H30N6OS/c1-14(2)19-13-24-28-20(19)26-22(30-18-8-10-23-11-9-18)27-21(28)25-15(3)16-6-5-7-17(12-16)29-4/h5-7,12-15,18,23H,8-11H2,1-4H3,(H,25,26,27)/t15-/m0/s1. The second-order valence-electron chi connectivity index (χ2n) is 8.03. The van der Waals surface area contributed by atoms with Crippen molar-refractivity contribution in [3.05, 3.63) is 41.6 Å². The van der Waals surface area contributed by atoms with E-state index in [9.17, 15) is 0 Å². The third-order valence-corrected chi connectivity index (χ3v) is 6.69. The minimum Gasteiger partial charge on any atom is -0.497 e. The largest absolute Gasteiger partial charge is 0.497 e. The molecule has 0 unspecified atom stereocenters. The summed E-state index contributed by atoms with van der Waals surface area (Å²) in [6.07, 6.45) is 4.19. The fraction of sp³-hybridized carbons (Fsp3) is 0.500. The maximum atomic E-state index is 5.38. The Morgan fingerprint density at radius 1 is 1.20 bits per heavy atom. The first-order chi connectivity index (χ1) is 14.5. The molecule has 1 aliphatic rings. The van der Waals surface area contributed by atoms with Gasteiger partial charge in [0.2, 0.25) is 5.95 Å². The minimum absolute atomic E-state index is 0.0432. The quantitative estimate of drug-likeness (QED) is 0.584. The average Bonchev–Trinajstić information content (AvgIpc) is 3.19. The van der Waals surface area contributed by atoms with Crippen LogP contribution in [0.1, 0.15) is 56.7 Å². The Bertz CT molecular complexity index is 998. The van der Waals surface area contributed by atoms with Gasteiger partial charge in [-0.25, -0.2) is 4.98 Å². The van der Waals surface area contributed by atoms with E-state index in [1.165, 1.54) is 0 Å². The van der Waals surface area contributed by atoms with E-state index in [-0.39, 0.29) is 6.04 Å². The first-order valence-corrected chi connectivity index (χ1v) is 11.5. The van der Waals surface area contributed by atoms with Crippen LogP contribution in [-0.4, -0.2) is 45.0 Å². The molecule has 3 heterocycles. The number of nitrogens with one attached hydrogen (secondary N) is 2. The lowest BCUT2D eigenvalue weighted by Crippen LogP contribution is -2.29. The van der Waals surface area contributed by atoms with Crippen molar-refractivity contribution in [3.8, 4) is 5.75 Å². The molecular formula is C22H30N6OS. The van der Waals surface area contributed by atoms with Gasteiger partial charge in [-0.2, -0.15) is 14.6 Å². The molecule has 1 atom stereocenters. The van der Waals surface area contributed by atoms with Gasteiger partial charge in [-0.15, -0.1) is 0 Å². The lowest BCUT2D eigenvalue weighted by molar-refractivity contribution is 0.414. The van der Waals surface area contributed by atoms with Gasteiger partial charge in [0.1, 0.15) is 5.75 Å². The molecule has 2 N–H and O–H groups in total. The molecule has 1 saturated heterocycles. The van der Waals surface area contributed by atoms with Gasteiger partial charge in [-0.3, -0.25) is 0 Å². The number of piperidine rings is 1. The molecule has 160 valence electrons. The summed E-state index contributed by atoms with van der Waals surface area (Å²) >= 11 is 1.78. The van der Waals surface area contributed by atoms with Gasteiger partial charge in [-0.05, 0) is 56.5 Å². The molecule has 7 nitrogen and oxygen atoms in total. The van der Waals surface area contributed by atoms with E-state index in [4.69, 9.17) is 14.7 Å². The molecule has 0 bridgehead atoms. The number of methoxy groups -OCH3 is 1. The van der Waals surface area contributed by atoms with Gasteiger partial charge in [-0.1, -0.05) is 37.7 Å². The van der Waals surface area contributed by atoms with Crippen molar-refractivity contribution in [2.45, 2.75) is 56.0 Å². The van der Waals surface area contributed by atoms with Gasteiger partial charge in [0.15, 0.2) is 10.8 Å². The highest BCUT2D eigenvalue weighted by atomic mass is 32.2. The number of benzene rings is 1. The highest BCUT2D eigenvalue weighted by Gasteiger charge is 2.20. The lowest BCUT2D eigenvalue weighted by atomic mass is 10.1. The van der Waals surface area contributed by atoms with Crippen molar-refractivity contribution < 1.29 is 4.74 Å². The Morgan fingerprint density at radius 2 is 2.00 bits per heavy atom. The normalized spacial score (nSPS) is 16.2. The van der Waals surface area contributed by atoms with Crippen LogP contribution in [0.3, 0.4) is 0 Å². The van der Waals surface area contributed by atoms with E-state index in [1.54, 1.807) is 18.9 Å².